The molecule has 0 aromatic carbocycles. The quantitative estimate of drug-likeness (QED) is 0.924. The normalized spacial score (nSPS) is 22.4. The molecule has 21 heavy (non-hydrogen) atoms. The molecule has 0 unspecified atom stereocenters. The fourth-order valence-electron chi connectivity index (χ4n) is 2.59. The van der Waals surface area contributed by atoms with E-state index in [-0.39, 0.29) is 18.2 Å². The van der Waals surface area contributed by atoms with E-state index < -0.39 is 0 Å². The number of carbonyl (C=O) groups is 1. The van der Waals surface area contributed by atoms with Crippen LogP contribution in [0.4, 0.5) is 4.79 Å². The monoisotopic (exact) mass is 295 g/mol. The van der Waals surface area contributed by atoms with Crippen LogP contribution in [0.5, 0.6) is 0 Å². The maximum Gasteiger partial charge on any atom is 0.318 e. The molecule has 1 aromatic rings. The Bertz CT molecular complexity index is 465. The molecule has 1 aliphatic heterocycles. The molecule has 0 aliphatic carbocycles. The van der Waals surface area contributed by atoms with Gasteiger partial charge in [0, 0.05) is 25.1 Å². The minimum Gasteiger partial charge on any atom is -0.375 e. The van der Waals surface area contributed by atoms with Gasteiger partial charge in [-0.05, 0) is 20.3 Å². The van der Waals surface area contributed by atoms with E-state index in [9.17, 15) is 4.79 Å². The Labute approximate surface area is 125 Å². The van der Waals surface area contributed by atoms with Crippen molar-refractivity contribution in [3.8, 4) is 0 Å². The number of hydrogen-bond donors (Lipinski definition) is 1. The second-order valence-corrected chi connectivity index (χ2v) is 5.54. The molecule has 2 atom stereocenters. The van der Waals surface area contributed by atoms with Gasteiger partial charge in [-0.2, -0.15) is 0 Å². The van der Waals surface area contributed by atoms with Crippen molar-refractivity contribution in [3.05, 3.63) is 17.0 Å². The standard InChI is InChI=1S/C15H25N3O3/c1-5-13-12(14(6-2)21-17-13)7-16-15(19)18-8-11(4)20-9-10(18)3/h10-11H,5-9H2,1-4H3,(H,16,19)/t10-,11-/m0/s1. The smallest absolute Gasteiger partial charge is 0.318 e. The summed E-state index contributed by atoms with van der Waals surface area (Å²) in [6.07, 6.45) is 1.67. The summed E-state index contributed by atoms with van der Waals surface area (Å²) in [6, 6.07) is 0.0444. The maximum absolute atomic E-state index is 12.4. The van der Waals surface area contributed by atoms with Gasteiger partial charge in [0.05, 0.1) is 24.4 Å². The van der Waals surface area contributed by atoms with Gasteiger partial charge in [0.2, 0.25) is 0 Å². The van der Waals surface area contributed by atoms with Gasteiger partial charge in [-0.25, -0.2) is 4.79 Å². The van der Waals surface area contributed by atoms with Gasteiger partial charge in [-0.1, -0.05) is 19.0 Å². The van der Waals surface area contributed by atoms with Gasteiger partial charge < -0.3 is 19.5 Å². The second kappa shape index (κ2) is 6.93. The Kier molecular flexibility index (Phi) is 5.22. The van der Waals surface area contributed by atoms with Crippen LogP contribution >= 0.6 is 0 Å². The SMILES string of the molecule is CCc1noc(CC)c1CNC(=O)N1C[C@H](C)OC[C@@H]1C. The van der Waals surface area contributed by atoms with E-state index in [2.05, 4.69) is 10.5 Å². The average molecular weight is 295 g/mol. The van der Waals surface area contributed by atoms with Crippen molar-refractivity contribution < 1.29 is 14.1 Å². The first-order chi connectivity index (χ1) is 10.1. The van der Waals surface area contributed by atoms with Crippen molar-refractivity contribution in [3.63, 3.8) is 0 Å². The third-order valence-electron chi connectivity index (χ3n) is 3.89. The number of carbonyl (C=O) groups excluding carboxylic acids is 1. The van der Waals surface area contributed by atoms with Crippen molar-refractivity contribution in [2.75, 3.05) is 13.2 Å². The highest BCUT2D eigenvalue weighted by Crippen LogP contribution is 2.16. The topological polar surface area (TPSA) is 67.6 Å². The molecule has 0 bridgehead atoms. The molecular weight excluding hydrogens is 270 g/mol. The van der Waals surface area contributed by atoms with Crippen LogP contribution in [0, 0.1) is 0 Å². The minimum atomic E-state index is -0.0528. The average Bonchev–Trinajstić information content (AvgIpc) is 2.89. The molecule has 0 spiro atoms. The molecular formula is C15H25N3O3. The molecule has 1 fully saturated rings. The van der Waals surface area contributed by atoms with Crippen molar-refractivity contribution in [2.24, 2.45) is 0 Å². The summed E-state index contributed by atoms with van der Waals surface area (Å²) in [5.41, 5.74) is 1.94. The van der Waals surface area contributed by atoms with E-state index in [0.29, 0.717) is 19.7 Å². The molecule has 6 nitrogen and oxygen atoms in total. The highest BCUT2D eigenvalue weighted by Gasteiger charge is 2.27. The van der Waals surface area contributed by atoms with Crippen LogP contribution < -0.4 is 5.32 Å². The van der Waals surface area contributed by atoms with Crippen molar-refractivity contribution >= 4 is 6.03 Å². The number of aromatic nitrogens is 1. The van der Waals surface area contributed by atoms with Crippen molar-refractivity contribution in [1.82, 2.24) is 15.4 Å². The molecule has 1 aromatic heterocycles. The van der Waals surface area contributed by atoms with E-state index in [1.54, 1.807) is 0 Å². The number of hydrogen-bond acceptors (Lipinski definition) is 4. The second-order valence-electron chi connectivity index (χ2n) is 5.54. The molecule has 2 heterocycles. The van der Waals surface area contributed by atoms with Crippen LogP contribution in [0.3, 0.4) is 0 Å². The molecule has 1 saturated heterocycles. The van der Waals surface area contributed by atoms with Crippen LogP contribution in [-0.2, 0) is 24.1 Å². The Morgan fingerprint density at radius 3 is 2.81 bits per heavy atom. The third kappa shape index (κ3) is 3.56. The van der Waals surface area contributed by atoms with E-state index in [4.69, 9.17) is 9.26 Å². The summed E-state index contributed by atoms with van der Waals surface area (Å²) in [5.74, 6) is 0.857. The van der Waals surface area contributed by atoms with Crippen LogP contribution in [0.1, 0.15) is 44.7 Å². The zero-order valence-corrected chi connectivity index (χ0v) is 13.3. The fraction of sp³-hybridized carbons (Fsp3) is 0.733. The number of nitrogens with one attached hydrogen (secondary N) is 1. The summed E-state index contributed by atoms with van der Waals surface area (Å²) < 4.78 is 10.9. The zero-order chi connectivity index (χ0) is 15.4. The first kappa shape index (κ1) is 15.8. The van der Waals surface area contributed by atoms with E-state index in [0.717, 1.165) is 29.9 Å². The van der Waals surface area contributed by atoms with E-state index in [1.165, 1.54) is 0 Å². The lowest BCUT2D eigenvalue weighted by Gasteiger charge is -2.36. The number of ether oxygens (including phenoxy) is 1. The molecule has 2 rings (SSSR count). The lowest BCUT2D eigenvalue weighted by molar-refractivity contribution is -0.0318. The minimum absolute atomic E-state index is 0.0528. The predicted octanol–water partition coefficient (Wildman–Crippen LogP) is 2.12. The Morgan fingerprint density at radius 1 is 1.38 bits per heavy atom. The van der Waals surface area contributed by atoms with Gasteiger partial charge in [0.15, 0.2) is 0 Å². The number of urea groups is 1. The summed E-state index contributed by atoms with van der Waals surface area (Å²) in [5, 5.41) is 7.05. The van der Waals surface area contributed by atoms with E-state index in [1.807, 2.05) is 32.6 Å². The van der Waals surface area contributed by atoms with Gasteiger partial charge >= 0.3 is 6.03 Å². The van der Waals surface area contributed by atoms with Gasteiger partial charge in [-0.15, -0.1) is 0 Å². The van der Waals surface area contributed by atoms with Crippen molar-refractivity contribution in [1.29, 1.82) is 0 Å². The van der Waals surface area contributed by atoms with Gasteiger partial charge in [0.25, 0.3) is 0 Å². The highest BCUT2D eigenvalue weighted by molar-refractivity contribution is 5.74. The molecule has 2 amide bonds. The first-order valence-corrected chi connectivity index (χ1v) is 7.69. The highest BCUT2D eigenvalue weighted by atomic mass is 16.5. The molecule has 118 valence electrons. The number of aryl methyl sites for hydroxylation is 2. The lowest BCUT2D eigenvalue weighted by Crippen LogP contribution is -2.53. The van der Waals surface area contributed by atoms with Crippen LogP contribution in [-0.4, -0.2) is 41.4 Å². The summed E-state index contributed by atoms with van der Waals surface area (Å²) in [4.78, 5) is 14.2. The number of morpholine rings is 1. The summed E-state index contributed by atoms with van der Waals surface area (Å²) in [7, 11) is 0. The van der Waals surface area contributed by atoms with E-state index >= 15 is 0 Å². The molecule has 6 heteroatoms. The van der Waals surface area contributed by atoms with Gasteiger partial charge in [0.1, 0.15) is 5.76 Å². The largest absolute Gasteiger partial charge is 0.375 e. The van der Waals surface area contributed by atoms with Crippen LogP contribution in [0.25, 0.3) is 0 Å². The summed E-state index contributed by atoms with van der Waals surface area (Å²) >= 11 is 0. The zero-order valence-electron chi connectivity index (χ0n) is 13.3. The Hall–Kier alpha value is -1.56. The van der Waals surface area contributed by atoms with Crippen LogP contribution in [0.15, 0.2) is 4.52 Å². The molecule has 0 radical (unpaired) electrons. The number of amides is 2. The lowest BCUT2D eigenvalue weighted by atomic mass is 10.1. The van der Waals surface area contributed by atoms with Gasteiger partial charge in [-0.3, -0.25) is 0 Å². The summed E-state index contributed by atoms with van der Waals surface area (Å²) in [6.45, 7) is 9.72. The maximum atomic E-state index is 12.4. The number of rotatable bonds is 4. The Morgan fingerprint density at radius 2 is 2.14 bits per heavy atom. The first-order valence-electron chi connectivity index (χ1n) is 7.69. The molecule has 1 N–H and O–H groups in total. The number of nitrogens with zero attached hydrogens (tertiary/aromatic N) is 2. The molecule has 1 aliphatic rings. The Balaban J connectivity index is 1.99. The third-order valence-corrected chi connectivity index (χ3v) is 3.89. The van der Waals surface area contributed by atoms with Crippen LogP contribution in [0.2, 0.25) is 0 Å². The molecule has 0 saturated carbocycles. The predicted molar refractivity (Wildman–Crippen MR) is 79.1 cm³/mol. The van der Waals surface area contributed by atoms with Crippen molar-refractivity contribution in [2.45, 2.75) is 59.2 Å². The fourth-order valence-corrected chi connectivity index (χ4v) is 2.59.